The molecule has 162 valence electrons. The SMILES string of the molecule is C[C@H]1[C@@H](c2ccc(F)c(F)c2O)[C@H](C(=O)Nc2cc[nH+]c(C(N)=O)c2)OC1(C)C.[OH-]. The van der Waals surface area contributed by atoms with Crippen molar-refractivity contribution in [1.29, 1.82) is 0 Å². The van der Waals surface area contributed by atoms with Gasteiger partial charge in [0.2, 0.25) is 5.82 Å². The topological polar surface area (TPSA) is 146 Å². The predicted molar refractivity (Wildman–Crippen MR) is 101 cm³/mol. The van der Waals surface area contributed by atoms with Crippen LogP contribution in [0.5, 0.6) is 5.75 Å². The summed E-state index contributed by atoms with van der Waals surface area (Å²) in [6.45, 7) is 5.36. The van der Waals surface area contributed by atoms with Crippen molar-refractivity contribution in [1.82, 2.24) is 0 Å². The highest BCUT2D eigenvalue weighted by molar-refractivity contribution is 5.96. The first-order valence-corrected chi connectivity index (χ1v) is 9.00. The van der Waals surface area contributed by atoms with Crippen molar-refractivity contribution in [2.45, 2.75) is 38.4 Å². The molecule has 2 aromatic rings. The summed E-state index contributed by atoms with van der Waals surface area (Å²) < 4.78 is 33.3. The highest BCUT2D eigenvalue weighted by Gasteiger charge is 2.51. The summed E-state index contributed by atoms with van der Waals surface area (Å²) in [6, 6.07) is 5.05. The average molecular weight is 423 g/mol. The molecule has 3 atom stereocenters. The second-order valence-corrected chi connectivity index (χ2v) is 7.60. The zero-order chi connectivity index (χ0) is 21.5. The number of phenolic OH excluding ortho intramolecular Hbond substituents is 1. The van der Waals surface area contributed by atoms with Crippen molar-refractivity contribution < 1.29 is 38.7 Å². The van der Waals surface area contributed by atoms with Gasteiger partial charge in [0.1, 0.15) is 6.10 Å². The van der Waals surface area contributed by atoms with E-state index in [4.69, 9.17) is 10.5 Å². The molecule has 0 radical (unpaired) electrons. The zero-order valence-corrected chi connectivity index (χ0v) is 16.6. The fourth-order valence-corrected chi connectivity index (χ4v) is 3.58. The van der Waals surface area contributed by atoms with Crippen molar-refractivity contribution >= 4 is 17.5 Å². The molecular weight excluding hydrogens is 400 g/mol. The van der Waals surface area contributed by atoms with Crippen LogP contribution in [0, 0.1) is 17.6 Å². The summed E-state index contributed by atoms with van der Waals surface area (Å²) in [4.78, 5) is 26.9. The maximum absolute atomic E-state index is 13.9. The molecule has 0 saturated carbocycles. The number of H-pyrrole nitrogens is 1. The Balaban J connectivity index is 0.00000320. The van der Waals surface area contributed by atoms with E-state index in [0.29, 0.717) is 5.69 Å². The largest absolute Gasteiger partial charge is 0.870 e. The van der Waals surface area contributed by atoms with E-state index in [9.17, 15) is 23.5 Å². The Morgan fingerprint density at radius 2 is 1.93 bits per heavy atom. The lowest BCUT2D eigenvalue weighted by molar-refractivity contribution is -0.381. The van der Waals surface area contributed by atoms with Gasteiger partial charge in [-0.05, 0) is 25.8 Å². The number of ether oxygens (including phenoxy) is 1. The van der Waals surface area contributed by atoms with Crippen LogP contribution < -0.4 is 16.0 Å². The number of primary amides is 1. The van der Waals surface area contributed by atoms with E-state index >= 15 is 0 Å². The number of nitrogens with one attached hydrogen (secondary N) is 2. The van der Waals surface area contributed by atoms with Crippen LogP contribution >= 0.6 is 0 Å². The highest BCUT2D eigenvalue weighted by Crippen LogP contribution is 2.49. The number of aromatic amines is 1. The third kappa shape index (κ3) is 4.10. The number of amides is 2. The van der Waals surface area contributed by atoms with Gasteiger partial charge in [0.15, 0.2) is 17.8 Å². The quantitative estimate of drug-likeness (QED) is 0.688. The van der Waals surface area contributed by atoms with Gasteiger partial charge < -0.3 is 26.4 Å². The van der Waals surface area contributed by atoms with Crippen LogP contribution in [0.4, 0.5) is 14.5 Å². The number of carbonyl (C=O) groups excluding carboxylic acids is 2. The zero-order valence-electron chi connectivity index (χ0n) is 16.6. The molecule has 0 bridgehead atoms. The van der Waals surface area contributed by atoms with Gasteiger partial charge >= 0.3 is 5.91 Å². The lowest BCUT2D eigenvalue weighted by Crippen LogP contribution is -2.33. The van der Waals surface area contributed by atoms with Gasteiger partial charge in [-0.25, -0.2) is 9.37 Å². The molecule has 0 unspecified atom stereocenters. The Kier molecular flexibility index (Phi) is 6.43. The van der Waals surface area contributed by atoms with Crippen molar-refractivity contribution in [3.8, 4) is 5.75 Å². The third-order valence-corrected chi connectivity index (χ3v) is 5.44. The molecule has 1 aliphatic rings. The Bertz CT molecular complexity index is 983. The van der Waals surface area contributed by atoms with Crippen LogP contribution in [0.2, 0.25) is 0 Å². The second-order valence-electron chi connectivity index (χ2n) is 7.60. The van der Waals surface area contributed by atoms with E-state index in [2.05, 4.69) is 10.3 Å². The molecule has 8 nitrogen and oxygen atoms in total. The monoisotopic (exact) mass is 423 g/mol. The lowest BCUT2D eigenvalue weighted by Gasteiger charge is -2.25. The summed E-state index contributed by atoms with van der Waals surface area (Å²) in [7, 11) is 0. The average Bonchev–Trinajstić information content (AvgIpc) is 2.90. The standard InChI is InChI=1S/C20H21F2N3O4.H2O/c1-9-14(11-4-5-12(21)15(22)16(11)26)17(29-20(9,2)3)19(28)25-10-6-7-24-13(8-10)18(23)27;/h4-9,14,17,26H,1-3H3,(H2,23,27)(H,24,25,28);1H2/t9-,14-,17+;/m0./s1. The minimum atomic E-state index is -1.37. The molecule has 1 aromatic carbocycles. The van der Waals surface area contributed by atoms with Crippen LogP contribution in [0.15, 0.2) is 30.5 Å². The molecular formula is C20H23F2N3O5. The fraction of sp³-hybridized carbons (Fsp3) is 0.350. The molecule has 1 aromatic heterocycles. The van der Waals surface area contributed by atoms with E-state index in [0.717, 1.165) is 6.07 Å². The first-order valence-electron chi connectivity index (χ1n) is 9.00. The fourth-order valence-electron chi connectivity index (χ4n) is 3.58. The molecule has 2 amide bonds. The van der Waals surface area contributed by atoms with Gasteiger partial charge in [-0.1, -0.05) is 13.0 Å². The lowest BCUT2D eigenvalue weighted by atomic mass is 9.78. The van der Waals surface area contributed by atoms with E-state index in [-0.39, 0.29) is 22.7 Å². The summed E-state index contributed by atoms with van der Waals surface area (Å²) in [5.41, 5.74) is 4.94. The molecule has 1 saturated heterocycles. The van der Waals surface area contributed by atoms with Crippen molar-refractivity contribution in [2.24, 2.45) is 11.7 Å². The van der Waals surface area contributed by atoms with Crippen molar-refractivity contribution in [3.05, 3.63) is 53.4 Å². The number of phenols is 1. The second kappa shape index (κ2) is 8.33. The predicted octanol–water partition coefficient (Wildman–Crippen LogP) is 1.94. The minimum Gasteiger partial charge on any atom is -0.870 e. The Morgan fingerprint density at radius 3 is 2.57 bits per heavy atom. The van der Waals surface area contributed by atoms with Crippen LogP contribution in [0.1, 0.15) is 42.7 Å². The van der Waals surface area contributed by atoms with Gasteiger partial charge in [-0.3, -0.25) is 9.59 Å². The number of rotatable bonds is 4. The molecule has 10 heteroatoms. The molecule has 0 spiro atoms. The van der Waals surface area contributed by atoms with E-state index in [1.807, 2.05) is 0 Å². The number of hydrogen-bond acceptors (Lipinski definition) is 5. The molecule has 2 heterocycles. The maximum Gasteiger partial charge on any atom is 0.313 e. The molecule has 3 rings (SSSR count). The molecule has 30 heavy (non-hydrogen) atoms. The minimum absolute atomic E-state index is 0. The van der Waals surface area contributed by atoms with E-state index < -0.39 is 46.8 Å². The van der Waals surface area contributed by atoms with E-state index in [1.165, 1.54) is 24.4 Å². The molecule has 1 aliphatic heterocycles. The first kappa shape index (κ1) is 23.2. The first-order chi connectivity index (χ1) is 13.5. The molecule has 1 fully saturated rings. The Hall–Kier alpha value is -3.11. The van der Waals surface area contributed by atoms with Crippen molar-refractivity contribution in [2.75, 3.05) is 5.32 Å². The summed E-state index contributed by atoms with van der Waals surface area (Å²) in [6.07, 6.45) is 0.355. The third-order valence-electron chi connectivity index (χ3n) is 5.44. The Labute approximate surface area is 171 Å². The summed E-state index contributed by atoms with van der Waals surface area (Å²) >= 11 is 0. The van der Waals surface area contributed by atoms with E-state index in [1.54, 1.807) is 20.8 Å². The van der Waals surface area contributed by atoms with Gasteiger partial charge in [0, 0.05) is 23.6 Å². The number of hydrogen-bond donors (Lipinski definition) is 3. The van der Waals surface area contributed by atoms with Crippen LogP contribution in [-0.2, 0) is 9.53 Å². The number of aromatic nitrogens is 1. The van der Waals surface area contributed by atoms with Crippen LogP contribution in [0.3, 0.4) is 0 Å². The maximum atomic E-state index is 13.9. The number of pyridine rings is 1. The summed E-state index contributed by atoms with van der Waals surface area (Å²) in [5, 5.41) is 12.8. The van der Waals surface area contributed by atoms with Crippen LogP contribution in [-0.4, -0.2) is 34.1 Å². The van der Waals surface area contributed by atoms with Gasteiger partial charge in [0.25, 0.3) is 11.6 Å². The number of halogens is 2. The van der Waals surface area contributed by atoms with Gasteiger partial charge in [0.05, 0.1) is 11.3 Å². The normalized spacial score (nSPS) is 22.2. The number of aromatic hydroxyl groups is 1. The highest BCUT2D eigenvalue weighted by atomic mass is 19.2. The van der Waals surface area contributed by atoms with Gasteiger partial charge in [-0.2, -0.15) is 4.39 Å². The Morgan fingerprint density at radius 1 is 1.27 bits per heavy atom. The number of nitrogens with two attached hydrogens (primary N) is 1. The number of benzene rings is 1. The molecule has 0 aliphatic carbocycles. The smallest absolute Gasteiger partial charge is 0.313 e. The number of anilines is 1. The molecule has 6 N–H and O–H groups in total. The van der Waals surface area contributed by atoms with Gasteiger partial charge in [-0.15, -0.1) is 0 Å². The number of carbonyl (C=O) groups is 2. The van der Waals surface area contributed by atoms with Crippen molar-refractivity contribution in [3.63, 3.8) is 0 Å². The summed E-state index contributed by atoms with van der Waals surface area (Å²) in [5.74, 6) is -5.69. The van der Waals surface area contributed by atoms with Crippen LogP contribution in [0.25, 0.3) is 0 Å².